The monoisotopic (exact) mass is 461 g/mol. The SMILES string of the molecule is CC[C@H](C)NC(=O)[C@H](C)N(Cc1ccccc1F)C(=O)CSCc1ccc([N+](=O)[O-])cc1. The minimum Gasteiger partial charge on any atom is -0.352 e. The van der Waals surface area contributed by atoms with Crippen LogP contribution < -0.4 is 5.32 Å². The summed E-state index contributed by atoms with van der Waals surface area (Å²) in [4.78, 5) is 37.3. The van der Waals surface area contributed by atoms with E-state index in [0.29, 0.717) is 11.3 Å². The van der Waals surface area contributed by atoms with Gasteiger partial charge in [0.1, 0.15) is 11.9 Å². The Morgan fingerprint density at radius 3 is 2.41 bits per heavy atom. The zero-order chi connectivity index (χ0) is 23.7. The third kappa shape index (κ3) is 7.33. The summed E-state index contributed by atoms with van der Waals surface area (Å²) in [7, 11) is 0. The van der Waals surface area contributed by atoms with E-state index in [1.54, 1.807) is 37.3 Å². The van der Waals surface area contributed by atoms with Gasteiger partial charge >= 0.3 is 0 Å². The Balaban J connectivity index is 2.07. The number of nitro benzene ring substituents is 1. The second-order valence-corrected chi connectivity index (χ2v) is 8.51. The van der Waals surface area contributed by atoms with Crippen molar-refractivity contribution in [2.24, 2.45) is 0 Å². The van der Waals surface area contributed by atoms with Gasteiger partial charge in [0.25, 0.3) is 5.69 Å². The van der Waals surface area contributed by atoms with Gasteiger partial charge < -0.3 is 10.2 Å². The molecule has 0 aromatic heterocycles. The highest BCUT2D eigenvalue weighted by molar-refractivity contribution is 7.99. The van der Waals surface area contributed by atoms with Gasteiger partial charge in [0, 0.05) is 36.0 Å². The number of carbonyl (C=O) groups excluding carboxylic acids is 2. The van der Waals surface area contributed by atoms with E-state index in [4.69, 9.17) is 0 Å². The molecule has 0 aliphatic carbocycles. The summed E-state index contributed by atoms with van der Waals surface area (Å²) in [6.07, 6.45) is 0.755. The first-order valence-corrected chi connectivity index (χ1v) is 11.5. The van der Waals surface area contributed by atoms with Crippen molar-refractivity contribution >= 4 is 29.3 Å². The molecule has 0 radical (unpaired) electrons. The summed E-state index contributed by atoms with van der Waals surface area (Å²) < 4.78 is 14.2. The number of benzene rings is 2. The summed E-state index contributed by atoms with van der Waals surface area (Å²) in [5.74, 6) is -0.438. The maximum absolute atomic E-state index is 14.2. The van der Waals surface area contributed by atoms with Gasteiger partial charge in [-0.1, -0.05) is 37.3 Å². The fraction of sp³-hybridized carbons (Fsp3) is 0.391. The minimum atomic E-state index is -0.768. The van der Waals surface area contributed by atoms with Crippen molar-refractivity contribution < 1.29 is 18.9 Å². The van der Waals surface area contributed by atoms with Crippen LogP contribution in [0.5, 0.6) is 0 Å². The van der Waals surface area contributed by atoms with E-state index in [2.05, 4.69) is 5.32 Å². The molecule has 172 valence electrons. The zero-order valence-corrected chi connectivity index (χ0v) is 19.2. The van der Waals surface area contributed by atoms with Crippen molar-refractivity contribution in [1.29, 1.82) is 0 Å². The van der Waals surface area contributed by atoms with Crippen LogP contribution in [0.2, 0.25) is 0 Å². The highest BCUT2D eigenvalue weighted by Gasteiger charge is 2.27. The van der Waals surface area contributed by atoms with E-state index in [1.165, 1.54) is 34.9 Å². The molecule has 2 rings (SSSR count). The molecular formula is C23H28FN3O4S. The first kappa shape index (κ1) is 25.3. The van der Waals surface area contributed by atoms with Crippen LogP contribution in [0.1, 0.15) is 38.3 Å². The lowest BCUT2D eigenvalue weighted by atomic mass is 10.1. The van der Waals surface area contributed by atoms with Gasteiger partial charge in [0.05, 0.1) is 10.7 Å². The maximum Gasteiger partial charge on any atom is 0.269 e. The normalized spacial score (nSPS) is 12.6. The van der Waals surface area contributed by atoms with Crippen LogP contribution in [0.4, 0.5) is 10.1 Å². The molecule has 0 saturated heterocycles. The molecule has 2 aromatic carbocycles. The van der Waals surface area contributed by atoms with Crippen LogP contribution in [0.3, 0.4) is 0 Å². The molecule has 9 heteroatoms. The molecule has 0 fully saturated rings. The topological polar surface area (TPSA) is 92.6 Å². The average Bonchev–Trinajstić information content (AvgIpc) is 2.78. The van der Waals surface area contributed by atoms with E-state index in [-0.39, 0.29) is 35.8 Å². The quantitative estimate of drug-likeness (QED) is 0.398. The molecule has 2 aromatic rings. The first-order chi connectivity index (χ1) is 15.2. The summed E-state index contributed by atoms with van der Waals surface area (Å²) >= 11 is 1.33. The number of nitrogens with one attached hydrogen (secondary N) is 1. The van der Waals surface area contributed by atoms with E-state index >= 15 is 0 Å². The van der Waals surface area contributed by atoms with Gasteiger partial charge in [-0.2, -0.15) is 0 Å². The van der Waals surface area contributed by atoms with Crippen LogP contribution in [0, 0.1) is 15.9 Å². The summed E-state index contributed by atoms with van der Waals surface area (Å²) in [5, 5.41) is 13.6. The number of halogens is 1. The molecule has 2 amide bonds. The Kier molecular flexibility index (Phi) is 9.64. The van der Waals surface area contributed by atoms with Gasteiger partial charge in [0.2, 0.25) is 11.8 Å². The number of hydrogen-bond donors (Lipinski definition) is 1. The number of hydrogen-bond acceptors (Lipinski definition) is 5. The highest BCUT2D eigenvalue weighted by Crippen LogP contribution is 2.19. The molecule has 7 nitrogen and oxygen atoms in total. The fourth-order valence-electron chi connectivity index (χ4n) is 2.91. The van der Waals surface area contributed by atoms with E-state index in [0.717, 1.165) is 12.0 Å². The lowest BCUT2D eigenvalue weighted by molar-refractivity contribution is -0.384. The van der Waals surface area contributed by atoms with Gasteiger partial charge in [-0.3, -0.25) is 19.7 Å². The van der Waals surface area contributed by atoms with Crippen LogP contribution >= 0.6 is 11.8 Å². The third-order valence-electron chi connectivity index (χ3n) is 5.11. The number of nitro groups is 1. The van der Waals surface area contributed by atoms with Crippen molar-refractivity contribution in [3.63, 3.8) is 0 Å². The average molecular weight is 462 g/mol. The molecule has 1 N–H and O–H groups in total. The largest absolute Gasteiger partial charge is 0.352 e. The number of nitrogens with zero attached hydrogens (tertiary/aromatic N) is 2. The summed E-state index contributed by atoms with van der Waals surface area (Å²) in [5.41, 5.74) is 1.19. The van der Waals surface area contributed by atoms with Gasteiger partial charge in [-0.15, -0.1) is 11.8 Å². The Morgan fingerprint density at radius 1 is 1.16 bits per heavy atom. The molecular weight excluding hydrogens is 433 g/mol. The number of carbonyl (C=O) groups is 2. The minimum absolute atomic E-state index is 0.00651. The highest BCUT2D eigenvalue weighted by atomic mass is 32.2. The van der Waals surface area contributed by atoms with E-state index < -0.39 is 16.8 Å². The first-order valence-electron chi connectivity index (χ1n) is 10.4. The van der Waals surface area contributed by atoms with E-state index in [1.807, 2.05) is 13.8 Å². The Morgan fingerprint density at radius 2 is 1.81 bits per heavy atom. The zero-order valence-electron chi connectivity index (χ0n) is 18.4. The number of rotatable bonds is 11. The molecule has 0 unspecified atom stereocenters. The number of thioether (sulfide) groups is 1. The Hall–Kier alpha value is -2.94. The van der Waals surface area contributed by atoms with Crippen LogP contribution in [-0.2, 0) is 21.9 Å². The van der Waals surface area contributed by atoms with Crippen LogP contribution in [0.25, 0.3) is 0 Å². The van der Waals surface area contributed by atoms with Crippen molar-refractivity contribution in [2.75, 3.05) is 5.75 Å². The number of non-ortho nitro benzene ring substituents is 1. The molecule has 0 bridgehead atoms. The molecule has 0 heterocycles. The van der Waals surface area contributed by atoms with Crippen molar-refractivity contribution in [1.82, 2.24) is 10.2 Å². The number of amides is 2. The second-order valence-electron chi connectivity index (χ2n) is 7.52. The van der Waals surface area contributed by atoms with Crippen molar-refractivity contribution in [3.8, 4) is 0 Å². The second kappa shape index (κ2) is 12.2. The predicted molar refractivity (Wildman–Crippen MR) is 124 cm³/mol. The fourth-order valence-corrected chi connectivity index (χ4v) is 3.78. The van der Waals surface area contributed by atoms with Crippen molar-refractivity contribution in [2.45, 2.75) is 51.6 Å². The predicted octanol–water partition coefficient (Wildman–Crippen LogP) is 4.30. The van der Waals surface area contributed by atoms with Crippen LogP contribution in [-0.4, -0.2) is 39.5 Å². The van der Waals surface area contributed by atoms with Crippen LogP contribution in [0.15, 0.2) is 48.5 Å². The maximum atomic E-state index is 14.2. The molecule has 32 heavy (non-hydrogen) atoms. The van der Waals surface area contributed by atoms with Crippen molar-refractivity contribution in [3.05, 3.63) is 75.6 Å². The van der Waals surface area contributed by atoms with Gasteiger partial charge in [0.15, 0.2) is 0 Å². The lowest BCUT2D eigenvalue weighted by Gasteiger charge is -2.29. The Bertz CT molecular complexity index is 939. The Labute approximate surface area is 191 Å². The standard InChI is InChI=1S/C23H28FN3O4S/c1-4-16(2)25-23(29)17(3)26(13-19-7-5-6-8-21(19)24)22(28)15-32-14-18-9-11-20(12-10-18)27(30)31/h5-12,16-17H,4,13-15H2,1-3H3,(H,25,29)/t16-,17-/m0/s1. The molecule has 0 aliphatic heterocycles. The summed E-state index contributed by atoms with van der Waals surface area (Å²) in [6, 6.07) is 11.5. The molecule has 0 aliphatic rings. The van der Waals surface area contributed by atoms with Gasteiger partial charge in [-0.05, 0) is 31.9 Å². The summed E-state index contributed by atoms with van der Waals surface area (Å²) in [6.45, 7) is 5.45. The van der Waals surface area contributed by atoms with Gasteiger partial charge in [-0.25, -0.2) is 4.39 Å². The van der Waals surface area contributed by atoms with E-state index in [9.17, 15) is 24.1 Å². The molecule has 0 saturated carbocycles. The lowest BCUT2D eigenvalue weighted by Crippen LogP contribution is -2.50. The third-order valence-corrected chi connectivity index (χ3v) is 6.10. The molecule has 0 spiro atoms. The smallest absolute Gasteiger partial charge is 0.269 e. The molecule has 2 atom stereocenters.